The highest BCUT2D eigenvalue weighted by Crippen LogP contribution is 2.38. The third kappa shape index (κ3) is 2.91. The normalized spacial score (nSPS) is 20.1. The lowest BCUT2D eigenvalue weighted by Gasteiger charge is -2.23. The molecule has 0 saturated carbocycles. The number of carbonyl (C=O) groups is 3. The summed E-state index contributed by atoms with van der Waals surface area (Å²) in [4.78, 5) is 37.3. The van der Waals surface area contributed by atoms with Crippen molar-refractivity contribution in [3.05, 3.63) is 47.0 Å². The van der Waals surface area contributed by atoms with E-state index >= 15 is 0 Å². The first-order valence-corrected chi connectivity index (χ1v) is 7.68. The molecule has 0 spiro atoms. The van der Waals surface area contributed by atoms with Crippen LogP contribution in [0.2, 0.25) is 0 Å². The second-order valence-corrected chi connectivity index (χ2v) is 6.85. The molecule has 2 aliphatic rings. The largest absolute Gasteiger partial charge is 0.456 e. The van der Waals surface area contributed by atoms with Crippen molar-refractivity contribution in [2.45, 2.75) is 45.3 Å². The minimum absolute atomic E-state index is 0.296. The molecule has 23 heavy (non-hydrogen) atoms. The van der Waals surface area contributed by atoms with Crippen molar-refractivity contribution in [1.82, 2.24) is 4.90 Å². The van der Waals surface area contributed by atoms with Gasteiger partial charge in [0, 0.05) is 12.2 Å². The van der Waals surface area contributed by atoms with Gasteiger partial charge in [0.1, 0.15) is 5.60 Å². The number of imide groups is 1. The maximum atomic E-state index is 12.2. The minimum Gasteiger partial charge on any atom is -0.456 e. The number of nitrogens with zero attached hydrogens (tertiary/aromatic N) is 1. The van der Waals surface area contributed by atoms with Crippen LogP contribution in [0.5, 0.6) is 0 Å². The lowest BCUT2D eigenvalue weighted by Crippen LogP contribution is -2.33. The van der Waals surface area contributed by atoms with Crippen molar-refractivity contribution >= 4 is 17.8 Å². The number of hydrogen-bond acceptors (Lipinski definition) is 4. The van der Waals surface area contributed by atoms with Crippen molar-refractivity contribution in [2.75, 3.05) is 0 Å². The minimum atomic E-state index is -0.569. The van der Waals surface area contributed by atoms with Crippen LogP contribution in [0.1, 0.15) is 54.7 Å². The molecular formula is C18H19NO4. The fraction of sp³-hybridized carbons (Fsp3) is 0.389. The molecule has 0 saturated heterocycles. The predicted molar refractivity (Wildman–Crippen MR) is 83.7 cm³/mol. The van der Waals surface area contributed by atoms with Crippen molar-refractivity contribution in [1.29, 1.82) is 0 Å². The van der Waals surface area contributed by atoms with Gasteiger partial charge in [0.05, 0.1) is 11.6 Å². The molecule has 0 bridgehead atoms. The second kappa shape index (κ2) is 5.33. The summed E-state index contributed by atoms with van der Waals surface area (Å²) >= 11 is 0. The molecule has 0 N–H and O–H groups in total. The summed E-state index contributed by atoms with van der Waals surface area (Å²) in [5.41, 5.74) is 1.80. The third-order valence-corrected chi connectivity index (χ3v) is 3.98. The number of ether oxygens (including phenoxy) is 1. The molecule has 120 valence electrons. The molecule has 1 aromatic rings. The van der Waals surface area contributed by atoms with E-state index in [1.54, 1.807) is 12.1 Å². The third-order valence-electron chi connectivity index (χ3n) is 3.98. The Kier molecular flexibility index (Phi) is 3.59. The Morgan fingerprint density at radius 3 is 2.43 bits per heavy atom. The van der Waals surface area contributed by atoms with Gasteiger partial charge in [0.15, 0.2) is 0 Å². The topological polar surface area (TPSA) is 63.7 Å². The van der Waals surface area contributed by atoms with E-state index in [1.807, 2.05) is 26.8 Å². The molecule has 5 heteroatoms. The molecule has 1 atom stereocenters. The zero-order chi connectivity index (χ0) is 16.8. The Balaban J connectivity index is 1.90. The number of hydrogen-bond donors (Lipinski definition) is 0. The van der Waals surface area contributed by atoms with Crippen LogP contribution in [-0.4, -0.2) is 28.3 Å². The second-order valence-electron chi connectivity index (χ2n) is 6.85. The van der Waals surface area contributed by atoms with Crippen LogP contribution < -0.4 is 0 Å². The van der Waals surface area contributed by atoms with Crippen LogP contribution in [0.25, 0.3) is 0 Å². The summed E-state index contributed by atoms with van der Waals surface area (Å²) in [6.07, 6.45) is 4.05. The zero-order valence-corrected chi connectivity index (χ0v) is 13.5. The quantitative estimate of drug-likeness (QED) is 0.622. The standard InChI is InChI=1S/C18H19NO4/c1-18(2,3)23-17(22)12-5-4-11-6-7-14(13(11)10-12)19-15(20)8-9-16(19)21/h4-5,8-10,14H,6-7H2,1-3H3/t14-/m0/s1. The molecule has 0 radical (unpaired) electrons. The molecule has 2 amide bonds. The Bertz CT molecular complexity index is 709. The Morgan fingerprint density at radius 2 is 1.83 bits per heavy atom. The SMILES string of the molecule is CC(C)(C)OC(=O)c1ccc2c(c1)[C@@H](N1C(=O)C=CC1=O)CC2. The molecule has 1 heterocycles. The zero-order valence-electron chi connectivity index (χ0n) is 13.5. The number of rotatable bonds is 2. The van der Waals surface area contributed by atoms with Crippen LogP contribution in [0.3, 0.4) is 0 Å². The molecule has 1 aliphatic heterocycles. The Labute approximate surface area is 134 Å². The number of amides is 2. The van der Waals surface area contributed by atoms with Crippen molar-refractivity contribution in [3.63, 3.8) is 0 Å². The van der Waals surface area contributed by atoms with Crippen LogP contribution in [0.15, 0.2) is 30.4 Å². The average Bonchev–Trinajstić information content (AvgIpc) is 3.00. The number of fused-ring (bicyclic) bond motifs is 1. The van der Waals surface area contributed by atoms with Crippen molar-refractivity contribution in [3.8, 4) is 0 Å². The summed E-state index contributed by atoms with van der Waals surface area (Å²) in [6, 6.07) is 5.07. The van der Waals surface area contributed by atoms with Crippen LogP contribution in [0, 0.1) is 0 Å². The van der Waals surface area contributed by atoms with Gasteiger partial charge < -0.3 is 4.74 Å². The molecule has 0 aromatic heterocycles. The number of benzene rings is 1. The molecule has 0 fully saturated rings. The van der Waals surface area contributed by atoms with E-state index in [0.29, 0.717) is 12.0 Å². The van der Waals surface area contributed by atoms with Crippen LogP contribution in [-0.2, 0) is 20.7 Å². The highest BCUT2D eigenvalue weighted by Gasteiger charge is 2.36. The summed E-state index contributed by atoms with van der Waals surface area (Å²) in [5, 5.41) is 0. The van der Waals surface area contributed by atoms with Crippen molar-refractivity contribution < 1.29 is 19.1 Å². The van der Waals surface area contributed by atoms with Crippen LogP contribution in [0.4, 0.5) is 0 Å². The van der Waals surface area contributed by atoms with Gasteiger partial charge in [-0.15, -0.1) is 0 Å². The molecule has 5 nitrogen and oxygen atoms in total. The monoisotopic (exact) mass is 313 g/mol. The fourth-order valence-electron chi connectivity index (χ4n) is 3.03. The van der Waals surface area contributed by atoms with E-state index in [2.05, 4.69) is 0 Å². The smallest absolute Gasteiger partial charge is 0.338 e. The van der Waals surface area contributed by atoms with Gasteiger partial charge in [-0.3, -0.25) is 14.5 Å². The Hall–Kier alpha value is -2.43. The number of esters is 1. The van der Waals surface area contributed by atoms with Gasteiger partial charge in [0.25, 0.3) is 11.8 Å². The summed E-state index contributed by atoms with van der Waals surface area (Å²) < 4.78 is 5.39. The van der Waals surface area contributed by atoms with Crippen molar-refractivity contribution in [2.24, 2.45) is 0 Å². The van der Waals surface area contributed by atoms with Gasteiger partial charge in [-0.2, -0.15) is 0 Å². The highest BCUT2D eigenvalue weighted by molar-refractivity contribution is 6.13. The molecular weight excluding hydrogens is 294 g/mol. The fourth-order valence-corrected chi connectivity index (χ4v) is 3.03. The Morgan fingerprint density at radius 1 is 1.17 bits per heavy atom. The van der Waals surface area contributed by atoms with E-state index in [9.17, 15) is 14.4 Å². The van der Waals surface area contributed by atoms with E-state index in [1.165, 1.54) is 17.1 Å². The number of carbonyl (C=O) groups excluding carboxylic acids is 3. The molecule has 3 rings (SSSR count). The van der Waals surface area contributed by atoms with E-state index in [4.69, 9.17) is 4.74 Å². The van der Waals surface area contributed by atoms with Gasteiger partial charge in [-0.25, -0.2) is 4.79 Å². The average molecular weight is 313 g/mol. The highest BCUT2D eigenvalue weighted by atomic mass is 16.6. The summed E-state index contributed by atoms with van der Waals surface area (Å²) in [7, 11) is 0. The van der Waals surface area contributed by atoms with Gasteiger partial charge in [-0.1, -0.05) is 6.07 Å². The first-order chi connectivity index (χ1) is 10.8. The maximum absolute atomic E-state index is 12.2. The molecule has 1 aromatic carbocycles. The van der Waals surface area contributed by atoms with E-state index in [-0.39, 0.29) is 17.9 Å². The maximum Gasteiger partial charge on any atom is 0.338 e. The lowest BCUT2D eigenvalue weighted by atomic mass is 10.0. The first-order valence-electron chi connectivity index (χ1n) is 7.68. The van der Waals surface area contributed by atoms with Gasteiger partial charge in [0.2, 0.25) is 0 Å². The summed E-state index contributed by atoms with van der Waals surface area (Å²) in [6.45, 7) is 5.44. The van der Waals surface area contributed by atoms with Crippen LogP contribution >= 0.6 is 0 Å². The summed E-state index contributed by atoms with van der Waals surface area (Å²) in [5.74, 6) is -0.991. The van der Waals surface area contributed by atoms with Gasteiger partial charge in [-0.05, 0) is 56.9 Å². The first kappa shape index (κ1) is 15.5. The number of aryl methyl sites for hydroxylation is 1. The predicted octanol–water partition coefficient (Wildman–Crippen LogP) is 2.55. The lowest BCUT2D eigenvalue weighted by molar-refractivity contribution is -0.139. The molecule has 0 unspecified atom stereocenters. The van der Waals surface area contributed by atoms with E-state index in [0.717, 1.165) is 17.5 Å². The van der Waals surface area contributed by atoms with Gasteiger partial charge >= 0.3 is 5.97 Å². The van der Waals surface area contributed by atoms with E-state index < -0.39 is 11.6 Å². The molecule has 1 aliphatic carbocycles.